The molecule has 146 valence electrons. The molecule has 0 aliphatic heterocycles. The average Bonchev–Trinajstić information content (AvgIpc) is 3.30. The second kappa shape index (κ2) is 6.84. The fraction of sp³-hybridized carbons (Fsp3) is 0.227. The molecule has 0 saturated carbocycles. The summed E-state index contributed by atoms with van der Waals surface area (Å²) in [7, 11) is 1.68. The van der Waals surface area contributed by atoms with Gasteiger partial charge in [0.2, 0.25) is 0 Å². The number of methoxy groups -OCH3 is 1. The molecule has 4 aromatic rings. The molecule has 3 heterocycles. The summed E-state index contributed by atoms with van der Waals surface area (Å²) in [6.45, 7) is 1.96. The summed E-state index contributed by atoms with van der Waals surface area (Å²) < 4.78 is 20.8. The molecule has 0 radical (unpaired) electrons. The fourth-order valence-corrected chi connectivity index (χ4v) is 3.91. The molecule has 0 unspecified atom stereocenters. The number of halogens is 1. The Kier molecular flexibility index (Phi) is 4.16. The second-order valence-electron chi connectivity index (χ2n) is 7.37. The number of anilines is 1. The van der Waals surface area contributed by atoms with E-state index in [4.69, 9.17) is 4.74 Å². The van der Waals surface area contributed by atoms with Crippen LogP contribution in [-0.2, 0) is 12.8 Å². The van der Waals surface area contributed by atoms with Crippen LogP contribution in [0.4, 0.5) is 10.2 Å². The highest BCUT2D eigenvalue weighted by Gasteiger charge is 2.23. The maximum absolute atomic E-state index is 13.7. The molecule has 29 heavy (non-hydrogen) atoms. The van der Waals surface area contributed by atoms with Crippen molar-refractivity contribution in [2.45, 2.75) is 25.8 Å². The summed E-state index contributed by atoms with van der Waals surface area (Å²) in [6, 6.07) is 9.79. The van der Waals surface area contributed by atoms with Crippen LogP contribution < -0.4 is 10.1 Å². The number of hydrogen-bond donors (Lipinski definition) is 1. The van der Waals surface area contributed by atoms with Gasteiger partial charge in [0, 0.05) is 29.4 Å². The number of nitrogens with zero attached hydrogens (tertiary/aromatic N) is 4. The van der Waals surface area contributed by atoms with Gasteiger partial charge in [-0.25, -0.2) is 9.37 Å². The zero-order valence-electron chi connectivity index (χ0n) is 16.2. The quantitative estimate of drug-likeness (QED) is 0.575. The van der Waals surface area contributed by atoms with Gasteiger partial charge in [-0.2, -0.15) is 9.61 Å². The molecule has 0 bridgehead atoms. The largest absolute Gasteiger partial charge is 0.497 e. The Labute approximate surface area is 167 Å². The van der Waals surface area contributed by atoms with Crippen molar-refractivity contribution in [3.05, 3.63) is 71.4 Å². The first-order valence-electron chi connectivity index (χ1n) is 9.49. The van der Waals surface area contributed by atoms with Crippen molar-refractivity contribution in [3.8, 4) is 17.0 Å². The number of aryl methyl sites for hydroxylation is 1. The van der Waals surface area contributed by atoms with Crippen LogP contribution in [-0.4, -0.2) is 32.7 Å². The van der Waals surface area contributed by atoms with Gasteiger partial charge in [-0.15, -0.1) is 0 Å². The molecule has 1 aliphatic carbocycles. The van der Waals surface area contributed by atoms with E-state index in [1.165, 1.54) is 23.4 Å². The van der Waals surface area contributed by atoms with Crippen LogP contribution >= 0.6 is 0 Å². The Morgan fingerprint density at radius 3 is 2.79 bits per heavy atom. The Hall–Kier alpha value is -3.48. The molecule has 1 aromatic carbocycles. The minimum Gasteiger partial charge on any atom is -0.497 e. The van der Waals surface area contributed by atoms with Gasteiger partial charge in [0.05, 0.1) is 25.2 Å². The highest BCUT2D eigenvalue weighted by molar-refractivity contribution is 5.67. The number of fused-ring (bicyclic) bond motifs is 2. The van der Waals surface area contributed by atoms with Crippen LogP contribution in [0, 0.1) is 12.7 Å². The van der Waals surface area contributed by atoms with Crippen LogP contribution in [0.5, 0.6) is 5.75 Å². The van der Waals surface area contributed by atoms with Crippen LogP contribution in [0.3, 0.4) is 0 Å². The van der Waals surface area contributed by atoms with E-state index >= 15 is 0 Å². The lowest BCUT2D eigenvalue weighted by molar-refractivity contribution is 0.414. The highest BCUT2D eigenvalue weighted by Crippen LogP contribution is 2.30. The number of aromatic nitrogens is 4. The lowest BCUT2D eigenvalue weighted by Gasteiger charge is -2.16. The monoisotopic (exact) mass is 389 g/mol. The maximum Gasteiger partial charge on any atom is 0.160 e. The van der Waals surface area contributed by atoms with Crippen molar-refractivity contribution in [2.24, 2.45) is 0 Å². The van der Waals surface area contributed by atoms with Gasteiger partial charge in [0.15, 0.2) is 5.65 Å². The normalized spacial score (nSPS) is 15.5. The van der Waals surface area contributed by atoms with E-state index in [2.05, 4.69) is 32.5 Å². The van der Waals surface area contributed by atoms with E-state index in [0.717, 1.165) is 35.6 Å². The lowest BCUT2D eigenvalue weighted by Crippen LogP contribution is -2.21. The first-order valence-corrected chi connectivity index (χ1v) is 9.49. The molecular weight excluding hydrogens is 369 g/mol. The molecule has 5 rings (SSSR count). The van der Waals surface area contributed by atoms with Gasteiger partial charge in [-0.1, -0.05) is 6.07 Å². The van der Waals surface area contributed by atoms with Crippen molar-refractivity contribution in [1.82, 2.24) is 19.6 Å². The Morgan fingerprint density at radius 1 is 1.10 bits per heavy atom. The van der Waals surface area contributed by atoms with E-state index in [1.807, 2.05) is 19.1 Å². The van der Waals surface area contributed by atoms with Gasteiger partial charge < -0.3 is 10.1 Å². The summed E-state index contributed by atoms with van der Waals surface area (Å²) in [5, 5.41) is 8.08. The smallest absolute Gasteiger partial charge is 0.160 e. The van der Waals surface area contributed by atoms with Gasteiger partial charge in [-0.05, 0) is 49.1 Å². The van der Waals surface area contributed by atoms with E-state index in [-0.39, 0.29) is 11.9 Å². The summed E-state index contributed by atoms with van der Waals surface area (Å²) >= 11 is 0. The molecule has 0 spiro atoms. The topological polar surface area (TPSA) is 64.3 Å². The molecule has 3 aromatic heterocycles. The third-order valence-electron chi connectivity index (χ3n) is 5.35. The SMILES string of the molecule is COc1ccc2c(c1)C[C@@H](Nc1cc(-c3cncc(F)c3)nc3c(C)cnn13)C2. The number of nitrogens with one attached hydrogen (secondary N) is 1. The predicted octanol–water partition coefficient (Wildman–Crippen LogP) is 3.83. The van der Waals surface area contributed by atoms with E-state index in [0.29, 0.717) is 11.3 Å². The van der Waals surface area contributed by atoms with Crippen LogP contribution in [0.2, 0.25) is 0 Å². The molecule has 1 aliphatic rings. The number of benzene rings is 1. The minimum atomic E-state index is -0.385. The van der Waals surface area contributed by atoms with E-state index < -0.39 is 0 Å². The standard InChI is InChI=1S/C22H20FN5O/c1-13-10-25-28-21(9-20(27-22(13)28)16-5-17(23)12-24-11-16)26-18-6-14-3-4-19(29-2)8-15(14)7-18/h3-5,8-12,18,26H,6-7H2,1-2H3/t18-/m0/s1. The Bertz CT molecular complexity index is 1220. The Morgan fingerprint density at radius 2 is 1.97 bits per heavy atom. The van der Waals surface area contributed by atoms with Gasteiger partial charge in [0.25, 0.3) is 0 Å². The predicted molar refractivity (Wildman–Crippen MR) is 109 cm³/mol. The first-order chi connectivity index (χ1) is 14.1. The lowest BCUT2D eigenvalue weighted by atomic mass is 10.1. The van der Waals surface area contributed by atoms with Gasteiger partial charge in [0.1, 0.15) is 17.4 Å². The van der Waals surface area contributed by atoms with Gasteiger partial charge >= 0.3 is 0 Å². The summed E-state index contributed by atoms with van der Waals surface area (Å²) in [6.07, 6.45) is 6.41. The first kappa shape index (κ1) is 17.6. The van der Waals surface area contributed by atoms with Crippen molar-refractivity contribution in [3.63, 3.8) is 0 Å². The molecule has 0 fully saturated rings. The third kappa shape index (κ3) is 3.18. The van der Waals surface area contributed by atoms with Crippen molar-refractivity contribution < 1.29 is 9.13 Å². The molecule has 7 heteroatoms. The molecule has 6 nitrogen and oxygen atoms in total. The van der Waals surface area contributed by atoms with Crippen molar-refractivity contribution >= 4 is 11.5 Å². The van der Waals surface area contributed by atoms with Crippen LogP contribution in [0.15, 0.2) is 48.9 Å². The minimum absolute atomic E-state index is 0.227. The number of rotatable bonds is 4. The van der Waals surface area contributed by atoms with Crippen LogP contribution in [0.25, 0.3) is 16.9 Å². The second-order valence-corrected chi connectivity index (χ2v) is 7.37. The third-order valence-corrected chi connectivity index (χ3v) is 5.35. The molecule has 0 saturated heterocycles. The maximum atomic E-state index is 13.7. The summed E-state index contributed by atoms with van der Waals surface area (Å²) in [5.41, 5.74) is 5.60. The van der Waals surface area contributed by atoms with Crippen LogP contribution in [0.1, 0.15) is 16.7 Å². The summed E-state index contributed by atoms with van der Waals surface area (Å²) in [5.74, 6) is 1.32. The van der Waals surface area contributed by atoms with E-state index in [9.17, 15) is 4.39 Å². The highest BCUT2D eigenvalue weighted by atomic mass is 19.1. The molecule has 0 amide bonds. The number of ether oxygens (including phenoxy) is 1. The molecular formula is C22H20FN5O. The van der Waals surface area contributed by atoms with E-state index in [1.54, 1.807) is 24.0 Å². The molecule has 1 atom stereocenters. The zero-order valence-corrected chi connectivity index (χ0v) is 16.2. The van der Waals surface area contributed by atoms with Crippen molar-refractivity contribution in [2.75, 3.05) is 12.4 Å². The number of pyridine rings is 1. The van der Waals surface area contributed by atoms with Crippen molar-refractivity contribution in [1.29, 1.82) is 0 Å². The molecule has 1 N–H and O–H groups in total. The zero-order chi connectivity index (χ0) is 20.0. The Balaban J connectivity index is 1.51. The summed E-state index contributed by atoms with van der Waals surface area (Å²) in [4.78, 5) is 8.64. The fourth-order valence-electron chi connectivity index (χ4n) is 3.91. The van der Waals surface area contributed by atoms with Gasteiger partial charge in [-0.3, -0.25) is 4.98 Å². The average molecular weight is 389 g/mol. The number of hydrogen-bond acceptors (Lipinski definition) is 5.